The van der Waals surface area contributed by atoms with Gasteiger partial charge in [-0.25, -0.2) is 13.2 Å². The van der Waals surface area contributed by atoms with Gasteiger partial charge in [0.25, 0.3) is 0 Å². The molecule has 24 heavy (non-hydrogen) atoms. The molecule has 2 amide bonds. The number of hydrogen-bond donors (Lipinski definition) is 2. The fourth-order valence-electron chi connectivity index (χ4n) is 2.65. The van der Waals surface area contributed by atoms with Gasteiger partial charge < -0.3 is 10.6 Å². The van der Waals surface area contributed by atoms with E-state index in [2.05, 4.69) is 15.6 Å². The highest BCUT2D eigenvalue weighted by Gasteiger charge is 2.30. The zero-order valence-electron chi connectivity index (χ0n) is 14.4. The number of pyridine rings is 1. The third-order valence-electron chi connectivity index (χ3n) is 3.73. The number of nitrogens with zero attached hydrogens (tertiary/aromatic N) is 2. The minimum absolute atomic E-state index is 0.185. The first-order chi connectivity index (χ1) is 11.2. The number of carbonyl (C=O) groups is 1. The van der Waals surface area contributed by atoms with Crippen molar-refractivity contribution in [3.63, 3.8) is 0 Å². The van der Waals surface area contributed by atoms with E-state index in [-0.39, 0.29) is 29.1 Å². The maximum absolute atomic E-state index is 12.8. The van der Waals surface area contributed by atoms with Crippen LogP contribution in [-0.2, 0) is 10.0 Å². The summed E-state index contributed by atoms with van der Waals surface area (Å²) in [7, 11) is -3.59. The summed E-state index contributed by atoms with van der Waals surface area (Å²) < 4.78 is 27.0. The molecular weight excluding hydrogens is 328 g/mol. The molecule has 0 radical (unpaired) electrons. The molecule has 0 aliphatic carbocycles. The Morgan fingerprint density at radius 2 is 2.08 bits per heavy atom. The van der Waals surface area contributed by atoms with Crippen molar-refractivity contribution < 1.29 is 13.2 Å². The Bertz CT molecular complexity index is 656. The summed E-state index contributed by atoms with van der Waals surface area (Å²) in [4.78, 5) is 16.1. The van der Waals surface area contributed by atoms with Crippen LogP contribution < -0.4 is 10.6 Å². The molecule has 2 heterocycles. The third kappa shape index (κ3) is 5.17. The maximum Gasteiger partial charge on any atom is 0.315 e. The van der Waals surface area contributed by atoms with Crippen molar-refractivity contribution >= 4 is 16.1 Å². The van der Waals surface area contributed by atoms with Crippen LogP contribution in [0, 0.1) is 0 Å². The zero-order chi connectivity index (χ0) is 17.8. The summed E-state index contributed by atoms with van der Waals surface area (Å²) in [6.07, 6.45) is 5.31. The second-order valence-electron chi connectivity index (χ2n) is 7.09. The highest BCUT2D eigenvalue weighted by Crippen LogP contribution is 2.19. The van der Waals surface area contributed by atoms with Gasteiger partial charge in [-0.1, -0.05) is 6.42 Å². The van der Waals surface area contributed by atoms with Crippen LogP contribution in [0.2, 0.25) is 0 Å². The zero-order valence-corrected chi connectivity index (χ0v) is 15.3. The Balaban J connectivity index is 2.08. The molecule has 1 aliphatic rings. The predicted octanol–water partition coefficient (Wildman–Crippen LogP) is 1.72. The molecule has 7 nitrogen and oxygen atoms in total. The molecule has 1 aromatic rings. The Morgan fingerprint density at radius 1 is 1.33 bits per heavy atom. The second-order valence-corrected chi connectivity index (χ2v) is 9.03. The largest absolute Gasteiger partial charge is 0.334 e. The summed E-state index contributed by atoms with van der Waals surface area (Å²) in [6, 6.07) is 2.67. The van der Waals surface area contributed by atoms with Crippen LogP contribution >= 0.6 is 0 Å². The number of rotatable bonds is 3. The summed E-state index contributed by atoms with van der Waals surface area (Å²) >= 11 is 0. The molecule has 1 aromatic heterocycles. The average Bonchev–Trinajstić information content (AvgIpc) is 2.72. The summed E-state index contributed by atoms with van der Waals surface area (Å²) in [5, 5.41) is 5.74. The second kappa shape index (κ2) is 7.48. The minimum Gasteiger partial charge on any atom is -0.334 e. The van der Waals surface area contributed by atoms with Crippen molar-refractivity contribution in [1.29, 1.82) is 0 Å². The monoisotopic (exact) mass is 354 g/mol. The van der Waals surface area contributed by atoms with E-state index in [4.69, 9.17) is 0 Å². The first kappa shape index (κ1) is 18.7. The van der Waals surface area contributed by atoms with Gasteiger partial charge in [-0.05, 0) is 45.7 Å². The van der Waals surface area contributed by atoms with Crippen molar-refractivity contribution in [3.8, 4) is 0 Å². The number of hydrogen-bond acceptors (Lipinski definition) is 4. The van der Waals surface area contributed by atoms with E-state index in [0.717, 1.165) is 19.3 Å². The SMILES string of the molecule is CC(C)(C)NC(=O)N[C@@H]1CCCCN(S(=O)(=O)c2cccnc2)C1. The first-order valence-corrected chi connectivity index (χ1v) is 9.61. The lowest BCUT2D eigenvalue weighted by Crippen LogP contribution is -2.52. The van der Waals surface area contributed by atoms with E-state index >= 15 is 0 Å². The van der Waals surface area contributed by atoms with Gasteiger partial charge in [-0.3, -0.25) is 4.98 Å². The van der Waals surface area contributed by atoms with E-state index < -0.39 is 10.0 Å². The van der Waals surface area contributed by atoms with Gasteiger partial charge in [0.15, 0.2) is 0 Å². The van der Waals surface area contributed by atoms with Crippen LogP contribution in [0.4, 0.5) is 4.79 Å². The van der Waals surface area contributed by atoms with Crippen molar-refractivity contribution in [2.24, 2.45) is 0 Å². The first-order valence-electron chi connectivity index (χ1n) is 8.17. The van der Waals surface area contributed by atoms with Crippen molar-refractivity contribution in [2.75, 3.05) is 13.1 Å². The highest BCUT2D eigenvalue weighted by atomic mass is 32.2. The molecule has 1 aliphatic heterocycles. The molecule has 134 valence electrons. The van der Waals surface area contributed by atoms with Gasteiger partial charge in [0.1, 0.15) is 4.90 Å². The molecule has 2 N–H and O–H groups in total. The molecular formula is C16H26N4O3S. The fraction of sp³-hybridized carbons (Fsp3) is 0.625. The van der Waals surface area contributed by atoms with E-state index in [1.54, 1.807) is 18.3 Å². The van der Waals surface area contributed by atoms with E-state index in [0.29, 0.717) is 6.54 Å². The third-order valence-corrected chi connectivity index (χ3v) is 5.58. The van der Waals surface area contributed by atoms with E-state index in [1.807, 2.05) is 20.8 Å². The van der Waals surface area contributed by atoms with Crippen LogP contribution in [0.15, 0.2) is 29.4 Å². The number of aromatic nitrogens is 1. The molecule has 0 unspecified atom stereocenters. The quantitative estimate of drug-likeness (QED) is 0.865. The highest BCUT2D eigenvalue weighted by molar-refractivity contribution is 7.89. The van der Waals surface area contributed by atoms with Gasteiger partial charge in [-0.15, -0.1) is 0 Å². The van der Waals surface area contributed by atoms with Gasteiger partial charge in [-0.2, -0.15) is 4.31 Å². The van der Waals surface area contributed by atoms with Crippen molar-refractivity contribution in [1.82, 2.24) is 19.9 Å². The Labute approximate surface area is 143 Å². The molecule has 2 rings (SSSR count). The van der Waals surface area contributed by atoms with Gasteiger partial charge in [0, 0.05) is 37.1 Å². The van der Waals surface area contributed by atoms with Crippen molar-refractivity contribution in [3.05, 3.63) is 24.5 Å². The van der Waals surface area contributed by atoms with Gasteiger partial charge >= 0.3 is 6.03 Å². The van der Waals surface area contributed by atoms with Crippen LogP contribution in [0.25, 0.3) is 0 Å². The van der Waals surface area contributed by atoms with Crippen LogP contribution in [-0.4, -0.2) is 48.4 Å². The summed E-state index contributed by atoms with van der Waals surface area (Å²) in [6.45, 7) is 6.43. The standard InChI is InChI=1S/C16H26N4O3S/c1-16(2,3)19-15(21)18-13-7-4-5-10-20(12-13)24(22,23)14-8-6-9-17-11-14/h6,8-9,11,13H,4-5,7,10,12H2,1-3H3,(H2,18,19,21)/t13-/m1/s1. The lowest BCUT2D eigenvalue weighted by Gasteiger charge is -2.27. The lowest BCUT2D eigenvalue weighted by molar-refractivity contribution is 0.225. The Morgan fingerprint density at radius 3 is 2.71 bits per heavy atom. The number of nitrogens with one attached hydrogen (secondary N) is 2. The summed E-state index contributed by atoms with van der Waals surface area (Å²) in [5.74, 6) is 0. The van der Waals surface area contributed by atoms with E-state index in [9.17, 15) is 13.2 Å². The number of carbonyl (C=O) groups excluding carboxylic acids is 1. The normalized spacial score (nSPS) is 20.2. The topological polar surface area (TPSA) is 91.4 Å². The average molecular weight is 354 g/mol. The van der Waals surface area contributed by atoms with E-state index in [1.165, 1.54) is 10.5 Å². The van der Waals surface area contributed by atoms with Crippen LogP contribution in [0.1, 0.15) is 40.0 Å². The number of amides is 2. The van der Waals surface area contributed by atoms with Crippen LogP contribution in [0.3, 0.4) is 0 Å². The van der Waals surface area contributed by atoms with Crippen molar-refractivity contribution in [2.45, 2.75) is 56.5 Å². The molecule has 0 spiro atoms. The van der Waals surface area contributed by atoms with Gasteiger partial charge in [0.2, 0.25) is 10.0 Å². The van der Waals surface area contributed by atoms with Gasteiger partial charge in [0.05, 0.1) is 0 Å². The molecule has 8 heteroatoms. The molecule has 1 atom stereocenters. The Hall–Kier alpha value is -1.67. The lowest BCUT2D eigenvalue weighted by atomic mass is 10.1. The predicted molar refractivity (Wildman–Crippen MR) is 92.1 cm³/mol. The molecule has 1 fully saturated rings. The fourth-order valence-corrected chi connectivity index (χ4v) is 4.14. The smallest absolute Gasteiger partial charge is 0.315 e. The Kier molecular flexibility index (Phi) is 5.82. The molecule has 0 aromatic carbocycles. The molecule has 1 saturated heterocycles. The minimum atomic E-state index is -3.59. The van der Waals surface area contributed by atoms with Crippen LogP contribution in [0.5, 0.6) is 0 Å². The maximum atomic E-state index is 12.8. The number of urea groups is 1. The molecule has 0 saturated carbocycles. The number of sulfonamides is 1. The molecule has 0 bridgehead atoms. The summed E-state index contributed by atoms with van der Waals surface area (Å²) in [5.41, 5.74) is -0.337.